The summed E-state index contributed by atoms with van der Waals surface area (Å²) < 4.78 is 6.24. The van der Waals surface area contributed by atoms with Gasteiger partial charge in [-0.05, 0) is 42.7 Å². The average molecular weight is 270 g/mol. The molecular weight excluding hydrogens is 248 g/mol. The Bertz CT molecular complexity index is 587. The van der Waals surface area contributed by atoms with Crippen molar-refractivity contribution >= 4 is 5.69 Å². The molecule has 3 nitrogen and oxygen atoms in total. The topological polar surface area (TPSA) is 59.0 Å². The van der Waals surface area contributed by atoms with Gasteiger partial charge in [0.15, 0.2) is 0 Å². The zero-order valence-corrected chi connectivity index (χ0v) is 12.4. The van der Waals surface area contributed by atoms with E-state index in [4.69, 9.17) is 15.7 Å². The molecule has 3 heteroatoms. The van der Waals surface area contributed by atoms with Crippen LogP contribution in [0.2, 0.25) is 0 Å². The van der Waals surface area contributed by atoms with Gasteiger partial charge in [-0.1, -0.05) is 20.8 Å². The number of fused-ring (bicyclic) bond motifs is 2. The molecule has 0 spiro atoms. The number of nitrogen functional groups attached to an aromatic ring is 1. The quantitative estimate of drug-likeness (QED) is 0.833. The van der Waals surface area contributed by atoms with E-state index in [0.29, 0.717) is 16.7 Å². The zero-order chi connectivity index (χ0) is 14.5. The maximum Gasteiger partial charge on any atom is 0.121 e. The molecule has 2 fully saturated rings. The first-order valence-electron chi connectivity index (χ1n) is 7.35. The second-order valence-electron chi connectivity index (χ2n) is 7.08. The fraction of sp³-hybridized carbons (Fsp3) is 0.588. The highest BCUT2D eigenvalue weighted by atomic mass is 16.5. The number of hydrogen-bond donors (Lipinski definition) is 1. The van der Waals surface area contributed by atoms with Crippen LogP contribution < -0.4 is 10.5 Å². The van der Waals surface area contributed by atoms with E-state index in [1.165, 1.54) is 12.8 Å². The first kappa shape index (κ1) is 13.3. The molecule has 3 unspecified atom stereocenters. The van der Waals surface area contributed by atoms with E-state index in [1.807, 2.05) is 6.07 Å². The third-order valence-electron chi connectivity index (χ3n) is 6.14. The molecular formula is C17H22N2O. The fourth-order valence-corrected chi connectivity index (χ4v) is 4.19. The van der Waals surface area contributed by atoms with Crippen LogP contribution in [-0.2, 0) is 0 Å². The summed E-state index contributed by atoms with van der Waals surface area (Å²) in [6.07, 6.45) is 3.94. The Balaban J connectivity index is 1.84. The molecule has 0 aliphatic heterocycles. The molecule has 3 rings (SSSR count). The number of hydrogen-bond acceptors (Lipinski definition) is 3. The Hall–Kier alpha value is -1.69. The summed E-state index contributed by atoms with van der Waals surface area (Å²) in [5.74, 6) is 1.55. The molecule has 0 heterocycles. The Morgan fingerprint density at radius 3 is 2.60 bits per heavy atom. The normalized spacial score (nSPS) is 33.9. The van der Waals surface area contributed by atoms with Crippen molar-refractivity contribution in [3.8, 4) is 11.8 Å². The van der Waals surface area contributed by atoms with E-state index in [2.05, 4.69) is 26.8 Å². The van der Waals surface area contributed by atoms with Gasteiger partial charge in [0.25, 0.3) is 0 Å². The monoisotopic (exact) mass is 270 g/mol. The van der Waals surface area contributed by atoms with Crippen molar-refractivity contribution in [3.05, 3.63) is 23.8 Å². The molecule has 1 aromatic rings. The lowest BCUT2D eigenvalue weighted by Gasteiger charge is -2.38. The van der Waals surface area contributed by atoms with E-state index in [-0.39, 0.29) is 11.5 Å². The summed E-state index contributed by atoms with van der Waals surface area (Å²) in [4.78, 5) is 0. The van der Waals surface area contributed by atoms with Gasteiger partial charge in [-0.15, -0.1) is 0 Å². The summed E-state index contributed by atoms with van der Waals surface area (Å²) >= 11 is 0. The summed E-state index contributed by atoms with van der Waals surface area (Å²) in [5.41, 5.74) is 7.45. The Morgan fingerprint density at radius 2 is 2.10 bits per heavy atom. The van der Waals surface area contributed by atoms with E-state index in [1.54, 1.807) is 12.1 Å². The molecule has 20 heavy (non-hydrogen) atoms. The van der Waals surface area contributed by atoms with E-state index < -0.39 is 0 Å². The predicted molar refractivity (Wildman–Crippen MR) is 79.2 cm³/mol. The van der Waals surface area contributed by atoms with Crippen LogP contribution in [0.1, 0.15) is 45.6 Å². The van der Waals surface area contributed by atoms with Crippen molar-refractivity contribution in [1.82, 2.24) is 0 Å². The van der Waals surface area contributed by atoms with Crippen LogP contribution in [-0.4, -0.2) is 6.10 Å². The van der Waals surface area contributed by atoms with Gasteiger partial charge in [-0.3, -0.25) is 0 Å². The maximum atomic E-state index is 8.92. The smallest absolute Gasteiger partial charge is 0.121 e. The van der Waals surface area contributed by atoms with Crippen molar-refractivity contribution in [1.29, 1.82) is 5.26 Å². The predicted octanol–water partition coefficient (Wildman–Crippen LogP) is 3.73. The minimum absolute atomic E-state index is 0.236. The molecule has 0 radical (unpaired) electrons. The number of anilines is 1. The summed E-state index contributed by atoms with van der Waals surface area (Å²) in [7, 11) is 0. The molecule has 106 valence electrons. The highest BCUT2D eigenvalue weighted by Gasteiger charge is 2.62. The zero-order valence-electron chi connectivity index (χ0n) is 12.4. The number of nitrogens with zero attached hydrogens (tertiary/aromatic N) is 1. The van der Waals surface area contributed by atoms with Crippen LogP contribution in [0.3, 0.4) is 0 Å². The Morgan fingerprint density at radius 1 is 1.35 bits per heavy atom. The molecule has 2 N–H and O–H groups in total. The summed E-state index contributed by atoms with van der Waals surface area (Å²) in [5, 5.41) is 8.92. The van der Waals surface area contributed by atoms with Gasteiger partial charge in [0.2, 0.25) is 0 Å². The minimum atomic E-state index is 0.236. The van der Waals surface area contributed by atoms with Crippen molar-refractivity contribution in [2.75, 3.05) is 5.73 Å². The standard InChI is InChI=1S/C17H22N2O/c1-16(2)12-6-7-17(16,3)15(8-12)20-13-5-4-11(10-18)14(19)9-13/h4-5,9,12,15H,6-8,19H2,1-3H3. The van der Waals surface area contributed by atoms with Crippen LogP contribution >= 0.6 is 0 Å². The molecule has 0 saturated heterocycles. The van der Waals surface area contributed by atoms with E-state index in [0.717, 1.165) is 18.1 Å². The van der Waals surface area contributed by atoms with Crippen LogP contribution in [0.15, 0.2) is 18.2 Å². The van der Waals surface area contributed by atoms with Gasteiger partial charge >= 0.3 is 0 Å². The number of rotatable bonds is 2. The second-order valence-corrected chi connectivity index (χ2v) is 7.08. The number of benzene rings is 1. The Kier molecular flexibility index (Phi) is 2.76. The molecule has 2 bridgehead atoms. The fourth-order valence-electron chi connectivity index (χ4n) is 4.19. The van der Waals surface area contributed by atoms with Gasteiger partial charge in [-0.2, -0.15) is 5.26 Å². The van der Waals surface area contributed by atoms with Crippen molar-refractivity contribution in [2.45, 2.75) is 46.1 Å². The lowest BCUT2D eigenvalue weighted by molar-refractivity contribution is 0.0302. The van der Waals surface area contributed by atoms with Crippen molar-refractivity contribution in [3.63, 3.8) is 0 Å². The largest absolute Gasteiger partial charge is 0.490 e. The average Bonchev–Trinajstić information content (AvgIpc) is 2.72. The summed E-state index contributed by atoms with van der Waals surface area (Å²) in [6.45, 7) is 7.11. The number of ether oxygens (including phenoxy) is 1. The van der Waals surface area contributed by atoms with Gasteiger partial charge in [0.1, 0.15) is 17.9 Å². The lowest BCUT2D eigenvalue weighted by atomic mass is 9.70. The highest BCUT2D eigenvalue weighted by Crippen LogP contribution is 2.66. The van der Waals surface area contributed by atoms with Gasteiger partial charge in [0, 0.05) is 11.5 Å². The van der Waals surface area contributed by atoms with Crippen molar-refractivity contribution in [2.24, 2.45) is 16.7 Å². The van der Waals surface area contributed by atoms with Crippen molar-refractivity contribution < 1.29 is 4.74 Å². The van der Waals surface area contributed by atoms with Gasteiger partial charge in [0.05, 0.1) is 11.3 Å². The summed E-state index contributed by atoms with van der Waals surface area (Å²) in [6, 6.07) is 7.46. The third kappa shape index (κ3) is 1.64. The van der Waals surface area contributed by atoms with Crippen LogP contribution in [0, 0.1) is 28.1 Å². The van der Waals surface area contributed by atoms with E-state index >= 15 is 0 Å². The number of nitrogens with two attached hydrogens (primary N) is 1. The lowest BCUT2D eigenvalue weighted by Crippen LogP contribution is -2.38. The Labute approximate surface area is 120 Å². The highest BCUT2D eigenvalue weighted by molar-refractivity contribution is 5.57. The number of nitriles is 1. The second kappa shape index (κ2) is 4.15. The SMILES string of the molecule is CC1(C)C2CCC1(C)C(Oc1ccc(C#N)c(N)c1)C2. The first-order valence-corrected chi connectivity index (χ1v) is 7.35. The van der Waals surface area contributed by atoms with Crippen LogP contribution in [0.5, 0.6) is 5.75 Å². The third-order valence-corrected chi connectivity index (χ3v) is 6.14. The molecule has 1 aromatic carbocycles. The molecule has 0 aromatic heterocycles. The van der Waals surface area contributed by atoms with Gasteiger partial charge in [-0.25, -0.2) is 0 Å². The maximum absolute atomic E-state index is 8.92. The first-order chi connectivity index (χ1) is 9.38. The van der Waals surface area contributed by atoms with Gasteiger partial charge < -0.3 is 10.5 Å². The van der Waals surface area contributed by atoms with Crippen LogP contribution in [0.25, 0.3) is 0 Å². The molecule has 2 aliphatic carbocycles. The minimum Gasteiger partial charge on any atom is -0.490 e. The van der Waals surface area contributed by atoms with E-state index in [9.17, 15) is 0 Å². The molecule has 3 atom stereocenters. The molecule has 0 amide bonds. The molecule has 2 aliphatic rings. The van der Waals surface area contributed by atoms with Crippen LogP contribution in [0.4, 0.5) is 5.69 Å². The molecule has 2 saturated carbocycles.